The van der Waals surface area contributed by atoms with Gasteiger partial charge < -0.3 is 10.1 Å². The van der Waals surface area contributed by atoms with E-state index in [0.29, 0.717) is 22.3 Å². The molecule has 0 saturated heterocycles. The summed E-state index contributed by atoms with van der Waals surface area (Å²) >= 11 is 3.35. The number of aromatic amines is 1. The van der Waals surface area contributed by atoms with Crippen molar-refractivity contribution in [2.24, 2.45) is 0 Å². The lowest BCUT2D eigenvalue weighted by Crippen LogP contribution is -2.09. The highest BCUT2D eigenvalue weighted by Crippen LogP contribution is 2.23. The van der Waals surface area contributed by atoms with Crippen LogP contribution < -0.4 is 5.56 Å². The molecule has 0 aliphatic rings. The van der Waals surface area contributed by atoms with Gasteiger partial charge >= 0.3 is 0 Å². The van der Waals surface area contributed by atoms with E-state index in [4.69, 9.17) is 0 Å². The normalized spacial score (nSPS) is 11.3. The molecule has 0 spiro atoms. The van der Waals surface area contributed by atoms with Crippen molar-refractivity contribution in [3.05, 3.63) is 68.7 Å². The van der Waals surface area contributed by atoms with Crippen molar-refractivity contribution >= 4 is 39.0 Å². The molecule has 0 unspecified atom stereocenters. The molecule has 0 bridgehead atoms. The predicted octanol–water partition coefficient (Wildman–Crippen LogP) is 3.56. The van der Waals surface area contributed by atoms with Gasteiger partial charge in [-0.15, -0.1) is 0 Å². The number of para-hydroxylation sites is 1. The summed E-state index contributed by atoms with van der Waals surface area (Å²) in [5, 5.41) is 10.3. The van der Waals surface area contributed by atoms with Crippen LogP contribution in [0.15, 0.2) is 51.7 Å². The lowest BCUT2D eigenvalue weighted by Gasteiger charge is -2.00. The first-order valence-electron chi connectivity index (χ1n) is 6.29. The van der Waals surface area contributed by atoms with Crippen molar-refractivity contribution in [2.75, 3.05) is 0 Å². The molecular formula is C16H11BrN2O2. The molecule has 2 N–H and O–H groups in total. The van der Waals surface area contributed by atoms with Gasteiger partial charge in [-0.2, -0.15) is 0 Å². The van der Waals surface area contributed by atoms with E-state index in [2.05, 4.69) is 25.9 Å². The maximum absolute atomic E-state index is 11.9. The Morgan fingerprint density at radius 3 is 2.81 bits per heavy atom. The highest BCUT2D eigenvalue weighted by atomic mass is 79.9. The first-order valence-corrected chi connectivity index (χ1v) is 7.08. The van der Waals surface area contributed by atoms with Gasteiger partial charge in [0, 0.05) is 10.0 Å². The first-order chi connectivity index (χ1) is 10.1. The van der Waals surface area contributed by atoms with Crippen molar-refractivity contribution in [1.82, 2.24) is 9.97 Å². The second-order valence-corrected chi connectivity index (χ2v) is 5.42. The maximum atomic E-state index is 11.9. The molecule has 2 aromatic carbocycles. The van der Waals surface area contributed by atoms with Crippen LogP contribution in [0.25, 0.3) is 23.1 Å². The Morgan fingerprint density at radius 1 is 1.14 bits per heavy atom. The lowest BCUT2D eigenvalue weighted by atomic mass is 10.2. The third-order valence-electron chi connectivity index (χ3n) is 3.04. The lowest BCUT2D eigenvalue weighted by molar-refractivity contribution is 0.474. The molecule has 3 rings (SSSR count). The molecule has 0 aliphatic heterocycles. The zero-order valence-electron chi connectivity index (χ0n) is 10.9. The molecule has 0 saturated carbocycles. The zero-order valence-corrected chi connectivity index (χ0v) is 12.5. The van der Waals surface area contributed by atoms with Crippen LogP contribution in [-0.4, -0.2) is 15.1 Å². The second kappa shape index (κ2) is 5.54. The summed E-state index contributed by atoms with van der Waals surface area (Å²) < 4.78 is 0.861. The molecular weight excluding hydrogens is 332 g/mol. The van der Waals surface area contributed by atoms with Gasteiger partial charge in [0.15, 0.2) is 0 Å². The van der Waals surface area contributed by atoms with Gasteiger partial charge in [-0.3, -0.25) is 4.79 Å². The summed E-state index contributed by atoms with van der Waals surface area (Å²) in [7, 11) is 0. The zero-order chi connectivity index (χ0) is 14.8. The molecule has 0 aliphatic carbocycles. The molecule has 0 radical (unpaired) electrons. The quantitative estimate of drug-likeness (QED) is 0.748. The highest BCUT2D eigenvalue weighted by molar-refractivity contribution is 9.10. The Morgan fingerprint density at radius 2 is 1.95 bits per heavy atom. The molecule has 3 aromatic rings. The smallest absolute Gasteiger partial charge is 0.259 e. The van der Waals surface area contributed by atoms with Gasteiger partial charge in [0.05, 0.1) is 10.9 Å². The van der Waals surface area contributed by atoms with Gasteiger partial charge in [-0.1, -0.05) is 28.1 Å². The SMILES string of the molecule is O=c1[nH]c(/C=C/c2cc(Br)ccc2O)nc2ccccc12. The van der Waals surface area contributed by atoms with E-state index in [1.165, 1.54) is 0 Å². The molecule has 0 atom stereocenters. The Balaban J connectivity index is 2.03. The van der Waals surface area contributed by atoms with Crippen LogP contribution in [0, 0.1) is 0 Å². The number of nitrogens with one attached hydrogen (secondary N) is 1. The van der Waals surface area contributed by atoms with E-state index in [1.807, 2.05) is 6.07 Å². The van der Waals surface area contributed by atoms with Crippen LogP contribution in [0.4, 0.5) is 0 Å². The minimum absolute atomic E-state index is 0.164. The van der Waals surface area contributed by atoms with Crippen LogP contribution in [-0.2, 0) is 0 Å². The van der Waals surface area contributed by atoms with E-state index in [9.17, 15) is 9.90 Å². The fourth-order valence-corrected chi connectivity index (χ4v) is 2.39. The molecule has 0 fully saturated rings. The van der Waals surface area contributed by atoms with Crippen LogP contribution in [0.2, 0.25) is 0 Å². The number of benzene rings is 2. The largest absolute Gasteiger partial charge is 0.507 e. The number of rotatable bonds is 2. The summed E-state index contributed by atoms with van der Waals surface area (Å²) in [6, 6.07) is 12.3. The van der Waals surface area contributed by atoms with E-state index in [1.54, 1.807) is 48.6 Å². The van der Waals surface area contributed by atoms with Gasteiger partial charge in [-0.05, 0) is 42.5 Å². The van der Waals surface area contributed by atoms with Crippen molar-refractivity contribution in [1.29, 1.82) is 0 Å². The van der Waals surface area contributed by atoms with E-state index < -0.39 is 0 Å². The second-order valence-electron chi connectivity index (χ2n) is 4.50. The number of hydrogen-bond donors (Lipinski definition) is 2. The molecule has 5 heteroatoms. The third-order valence-corrected chi connectivity index (χ3v) is 3.53. The summed E-state index contributed by atoms with van der Waals surface area (Å²) in [5.41, 5.74) is 1.10. The predicted molar refractivity (Wildman–Crippen MR) is 87.1 cm³/mol. The number of phenolic OH excluding ortho intramolecular Hbond substituents is 1. The van der Waals surface area contributed by atoms with Gasteiger partial charge in [0.2, 0.25) is 0 Å². The number of aromatic nitrogens is 2. The number of aromatic hydroxyl groups is 1. The fourth-order valence-electron chi connectivity index (χ4n) is 2.01. The van der Waals surface area contributed by atoms with Crippen LogP contribution in [0.5, 0.6) is 5.75 Å². The summed E-state index contributed by atoms with van der Waals surface area (Å²) in [5.74, 6) is 0.607. The number of hydrogen-bond acceptors (Lipinski definition) is 3. The number of fused-ring (bicyclic) bond motifs is 1. The van der Waals surface area contributed by atoms with Gasteiger partial charge in [-0.25, -0.2) is 4.98 Å². The average Bonchev–Trinajstić information content (AvgIpc) is 2.48. The average molecular weight is 343 g/mol. The highest BCUT2D eigenvalue weighted by Gasteiger charge is 2.02. The minimum atomic E-state index is -0.182. The number of H-pyrrole nitrogens is 1. The molecule has 21 heavy (non-hydrogen) atoms. The molecule has 1 heterocycles. The summed E-state index contributed by atoms with van der Waals surface area (Å²) in [6.07, 6.45) is 3.36. The van der Waals surface area contributed by atoms with E-state index in [-0.39, 0.29) is 11.3 Å². The Labute approximate surface area is 128 Å². The van der Waals surface area contributed by atoms with Crippen LogP contribution in [0.3, 0.4) is 0 Å². The number of halogens is 1. The monoisotopic (exact) mass is 342 g/mol. The third kappa shape index (κ3) is 2.87. The van der Waals surface area contributed by atoms with E-state index >= 15 is 0 Å². The van der Waals surface area contributed by atoms with Crippen molar-refractivity contribution in [3.63, 3.8) is 0 Å². The standard InChI is InChI=1S/C16H11BrN2O2/c17-11-6-7-14(20)10(9-11)5-8-15-18-13-4-2-1-3-12(13)16(21)19-15/h1-9,20H,(H,18,19,21)/b8-5+. The molecule has 1 aromatic heterocycles. The topological polar surface area (TPSA) is 66.0 Å². The maximum Gasteiger partial charge on any atom is 0.259 e. The fraction of sp³-hybridized carbons (Fsp3) is 0. The van der Waals surface area contributed by atoms with Crippen molar-refractivity contribution in [2.45, 2.75) is 0 Å². The number of phenols is 1. The Hall–Kier alpha value is -2.40. The van der Waals surface area contributed by atoms with E-state index in [0.717, 1.165) is 4.47 Å². The molecule has 0 amide bonds. The van der Waals surface area contributed by atoms with Crippen LogP contribution >= 0.6 is 15.9 Å². The Kier molecular flexibility index (Phi) is 3.58. The first kappa shape index (κ1) is 13.6. The Bertz CT molecular complexity index is 900. The van der Waals surface area contributed by atoms with Gasteiger partial charge in [0.25, 0.3) is 5.56 Å². The number of nitrogens with zero attached hydrogens (tertiary/aromatic N) is 1. The minimum Gasteiger partial charge on any atom is -0.507 e. The van der Waals surface area contributed by atoms with Crippen molar-refractivity contribution in [3.8, 4) is 5.75 Å². The van der Waals surface area contributed by atoms with Crippen molar-refractivity contribution < 1.29 is 5.11 Å². The molecule has 4 nitrogen and oxygen atoms in total. The summed E-state index contributed by atoms with van der Waals surface area (Å²) in [6.45, 7) is 0. The van der Waals surface area contributed by atoms with Crippen LogP contribution in [0.1, 0.15) is 11.4 Å². The summed E-state index contributed by atoms with van der Waals surface area (Å²) in [4.78, 5) is 19.0. The molecule has 104 valence electrons. The van der Waals surface area contributed by atoms with Gasteiger partial charge in [0.1, 0.15) is 11.6 Å².